The van der Waals surface area contributed by atoms with Crippen LogP contribution in [0.2, 0.25) is 0 Å². The number of thioether (sulfide) groups is 1. The number of hydrogen-bond donors (Lipinski definition) is 0. The molecular weight excluding hydrogens is 322 g/mol. The molecule has 24 heavy (non-hydrogen) atoms. The Morgan fingerprint density at radius 3 is 1.83 bits per heavy atom. The van der Waals surface area contributed by atoms with E-state index in [9.17, 15) is 8.78 Å². The van der Waals surface area contributed by atoms with E-state index in [1.165, 1.54) is 41.6 Å². The third-order valence-electron chi connectivity index (χ3n) is 3.61. The lowest BCUT2D eigenvalue weighted by molar-refractivity contribution is 0.627. The molecule has 3 aromatic carbocycles. The fraction of sp³-hybridized carbons (Fsp3) is 0.0476. The van der Waals surface area contributed by atoms with E-state index in [2.05, 4.69) is 0 Å². The lowest BCUT2D eigenvalue weighted by Gasteiger charge is -2.09. The number of halogens is 2. The van der Waals surface area contributed by atoms with Gasteiger partial charge in [0, 0.05) is 4.90 Å². The van der Waals surface area contributed by atoms with Gasteiger partial charge in [-0.05, 0) is 65.4 Å². The monoisotopic (exact) mass is 338 g/mol. The number of rotatable bonds is 4. The molecule has 3 aromatic rings. The Morgan fingerprint density at radius 2 is 1.33 bits per heavy atom. The summed E-state index contributed by atoms with van der Waals surface area (Å²) in [5.74, 6) is -0.620. The van der Waals surface area contributed by atoms with Crippen LogP contribution in [0.1, 0.15) is 16.7 Å². The van der Waals surface area contributed by atoms with Crippen LogP contribution in [0.15, 0.2) is 83.1 Å². The second-order valence-electron chi connectivity index (χ2n) is 5.48. The highest BCUT2D eigenvalue weighted by molar-refractivity contribution is 8.02. The van der Waals surface area contributed by atoms with Crippen molar-refractivity contribution in [3.8, 4) is 0 Å². The van der Waals surface area contributed by atoms with E-state index in [1.807, 2.05) is 48.7 Å². The van der Waals surface area contributed by atoms with E-state index in [1.54, 1.807) is 12.1 Å². The standard InChI is InChI=1S/C21H16F2S/c1-15-8-10-20(11-9-15)24-14-21(16-4-2-6-18(22)12-16)17-5-3-7-19(23)13-17/h2-14H,1H3. The fourth-order valence-electron chi connectivity index (χ4n) is 2.36. The fourth-order valence-corrected chi connectivity index (χ4v) is 3.18. The van der Waals surface area contributed by atoms with E-state index in [0.29, 0.717) is 0 Å². The van der Waals surface area contributed by atoms with Gasteiger partial charge in [0.1, 0.15) is 11.6 Å². The molecule has 0 bridgehead atoms. The maximum Gasteiger partial charge on any atom is 0.123 e. The van der Waals surface area contributed by atoms with Gasteiger partial charge < -0.3 is 0 Å². The lowest BCUT2D eigenvalue weighted by atomic mass is 9.99. The second-order valence-corrected chi connectivity index (χ2v) is 6.43. The van der Waals surface area contributed by atoms with Gasteiger partial charge in [-0.25, -0.2) is 8.78 Å². The molecule has 0 N–H and O–H groups in total. The van der Waals surface area contributed by atoms with Crippen molar-refractivity contribution in [2.24, 2.45) is 0 Å². The predicted octanol–water partition coefficient (Wildman–Crippen LogP) is 6.45. The molecule has 0 saturated carbocycles. The van der Waals surface area contributed by atoms with Crippen molar-refractivity contribution in [3.05, 3.63) is 107 Å². The topological polar surface area (TPSA) is 0 Å². The van der Waals surface area contributed by atoms with Crippen LogP contribution >= 0.6 is 11.8 Å². The van der Waals surface area contributed by atoms with Gasteiger partial charge in [0.2, 0.25) is 0 Å². The smallest absolute Gasteiger partial charge is 0.123 e. The van der Waals surface area contributed by atoms with Crippen LogP contribution in [0.5, 0.6) is 0 Å². The molecule has 0 aromatic heterocycles. The van der Waals surface area contributed by atoms with Crippen molar-refractivity contribution in [2.75, 3.05) is 0 Å². The number of aryl methyl sites for hydroxylation is 1. The molecule has 0 heterocycles. The van der Waals surface area contributed by atoms with Crippen molar-refractivity contribution in [2.45, 2.75) is 11.8 Å². The summed E-state index contributed by atoms with van der Waals surface area (Å²) < 4.78 is 27.2. The Labute approximate surface area is 144 Å². The maximum absolute atomic E-state index is 13.6. The van der Waals surface area contributed by atoms with E-state index in [-0.39, 0.29) is 11.6 Å². The highest BCUT2D eigenvalue weighted by Crippen LogP contribution is 2.30. The van der Waals surface area contributed by atoms with Gasteiger partial charge in [0.05, 0.1) is 0 Å². The molecule has 0 saturated heterocycles. The minimum absolute atomic E-state index is 0.310. The van der Waals surface area contributed by atoms with Gasteiger partial charge in [-0.2, -0.15) is 0 Å². The van der Waals surface area contributed by atoms with Gasteiger partial charge in [0.25, 0.3) is 0 Å². The molecule has 0 fully saturated rings. The van der Waals surface area contributed by atoms with Crippen LogP contribution in [-0.4, -0.2) is 0 Å². The maximum atomic E-state index is 13.6. The van der Waals surface area contributed by atoms with Gasteiger partial charge in [-0.1, -0.05) is 53.7 Å². The number of benzene rings is 3. The molecule has 0 spiro atoms. The zero-order chi connectivity index (χ0) is 16.9. The molecule has 0 amide bonds. The Kier molecular flexibility index (Phi) is 5.11. The first kappa shape index (κ1) is 16.5. The normalized spacial score (nSPS) is 10.5. The molecule has 0 aliphatic carbocycles. The lowest BCUT2D eigenvalue weighted by Crippen LogP contribution is -1.90. The predicted molar refractivity (Wildman–Crippen MR) is 96.9 cm³/mol. The molecule has 0 unspecified atom stereocenters. The van der Waals surface area contributed by atoms with E-state index >= 15 is 0 Å². The summed E-state index contributed by atoms with van der Waals surface area (Å²) in [6.07, 6.45) is 0. The minimum atomic E-state index is -0.310. The Hall–Kier alpha value is -2.39. The summed E-state index contributed by atoms with van der Waals surface area (Å²) >= 11 is 1.53. The van der Waals surface area contributed by atoms with Crippen LogP contribution in [0.4, 0.5) is 8.78 Å². The summed E-state index contributed by atoms with van der Waals surface area (Å²) in [6, 6.07) is 20.9. The molecule has 0 atom stereocenters. The summed E-state index contributed by atoms with van der Waals surface area (Å²) in [7, 11) is 0. The van der Waals surface area contributed by atoms with Gasteiger partial charge in [-0.15, -0.1) is 0 Å². The quantitative estimate of drug-likeness (QED) is 0.492. The minimum Gasteiger partial charge on any atom is -0.207 e. The Morgan fingerprint density at radius 1 is 0.792 bits per heavy atom. The SMILES string of the molecule is Cc1ccc(SC=C(c2cccc(F)c2)c2cccc(F)c2)cc1. The molecule has 0 aliphatic heterocycles. The molecule has 0 aliphatic rings. The van der Waals surface area contributed by atoms with Crippen molar-refractivity contribution >= 4 is 17.3 Å². The first-order valence-corrected chi connectivity index (χ1v) is 8.45. The summed E-state index contributed by atoms with van der Waals surface area (Å²) in [6.45, 7) is 2.04. The Balaban J connectivity index is 2.01. The van der Waals surface area contributed by atoms with Crippen LogP contribution in [0.3, 0.4) is 0 Å². The molecular formula is C21H16F2S. The Bertz CT molecular complexity index is 820. The first-order valence-electron chi connectivity index (χ1n) is 7.57. The average molecular weight is 338 g/mol. The van der Waals surface area contributed by atoms with E-state index < -0.39 is 0 Å². The third kappa shape index (κ3) is 4.12. The van der Waals surface area contributed by atoms with Crippen molar-refractivity contribution in [1.29, 1.82) is 0 Å². The summed E-state index contributed by atoms with van der Waals surface area (Å²) in [5, 5.41) is 1.94. The molecule has 120 valence electrons. The summed E-state index contributed by atoms with van der Waals surface area (Å²) in [5.41, 5.74) is 3.43. The van der Waals surface area contributed by atoms with Crippen molar-refractivity contribution in [1.82, 2.24) is 0 Å². The van der Waals surface area contributed by atoms with E-state index in [0.717, 1.165) is 21.6 Å². The highest BCUT2D eigenvalue weighted by atomic mass is 32.2. The van der Waals surface area contributed by atoms with Gasteiger partial charge >= 0.3 is 0 Å². The molecule has 0 radical (unpaired) electrons. The third-order valence-corrected chi connectivity index (χ3v) is 4.50. The zero-order valence-corrected chi connectivity index (χ0v) is 14.0. The largest absolute Gasteiger partial charge is 0.207 e. The van der Waals surface area contributed by atoms with Gasteiger partial charge in [-0.3, -0.25) is 0 Å². The average Bonchev–Trinajstić information content (AvgIpc) is 2.57. The van der Waals surface area contributed by atoms with E-state index in [4.69, 9.17) is 0 Å². The van der Waals surface area contributed by atoms with Crippen molar-refractivity contribution in [3.63, 3.8) is 0 Å². The van der Waals surface area contributed by atoms with Crippen LogP contribution in [-0.2, 0) is 0 Å². The molecule has 3 heteroatoms. The molecule has 0 nitrogen and oxygen atoms in total. The number of hydrogen-bond acceptors (Lipinski definition) is 1. The first-order chi connectivity index (χ1) is 11.6. The molecule has 3 rings (SSSR count). The van der Waals surface area contributed by atoms with Crippen LogP contribution in [0, 0.1) is 18.6 Å². The highest BCUT2D eigenvalue weighted by Gasteiger charge is 2.08. The summed E-state index contributed by atoms with van der Waals surface area (Å²) in [4.78, 5) is 1.07. The second kappa shape index (κ2) is 7.45. The zero-order valence-electron chi connectivity index (χ0n) is 13.2. The van der Waals surface area contributed by atoms with Crippen LogP contribution < -0.4 is 0 Å². The van der Waals surface area contributed by atoms with Crippen LogP contribution in [0.25, 0.3) is 5.57 Å². The van der Waals surface area contributed by atoms with Gasteiger partial charge in [0.15, 0.2) is 0 Å². The van der Waals surface area contributed by atoms with Crippen molar-refractivity contribution < 1.29 is 8.78 Å².